The smallest absolute Gasteiger partial charge is 0.277 e. The summed E-state index contributed by atoms with van der Waals surface area (Å²) in [6, 6.07) is 21.6. The summed E-state index contributed by atoms with van der Waals surface area (Å²) in [5.74, 6) is 1.47. The Morgan fingerprint density at radius 3 is 2.55 bits per heavy atom. The summed E-state index contributed by atoms with van der Waals surface area (Å²) < 4.78 is 11.2. The highest BCUT2D eigenvalue weighted by molar-refractivity contribution is 7.99. The van der Waals surface area contributed by atoms with Gasteiger partial charge in [0, 0.05) is 23.6 Å². The number of carbonyl (C=O) groups is 1. The summed E-state index contributed by atoms with van der Waals surface area (Å²) in [4.78, 5) is 12.3. The average molecular weight is 478 g/mol. The fourth-order valence-corrected chi connectivity index (χ4v) is 4.26. The first-order valence-corrected chi connectivity index (χ1v) is 11.8. The van der Waals surface area contributed by atoms with Gasteiger partial charge in [-0.15, -0.1) is 10.2 Å². The van der Waals surface area contributed by atoms with Gasteiger partial charge >= 0.3 is 0 Å². The maximum absolute atomic E-state index is 12.3. The van der Waals surface area contributed by atoms with Gasteiger partial charge in [0.15, 0.2) is 0 Å². The van der Waals surface area contributed by atoms with Crippen LogP contribution in [-0.2, 0) is 17.8 Å². The first-order valence-electron chi connectivity index (χ1n) is 10.5. The molecule has 1 N–H and O–H groups in total. The first-order chi connectivity index (χ1) is 16.1. The number of rotatable bonds is 7. The van der Waals surface area contributed by atoms with E-state index in [1.165, 1.54) is 22.9 Å². The van der Waals surface area contributed by atoms with Gasteiger partial charge < -0.3 is 14.5 Å². The number of ether oxygens (including phenoxy) is 1. The van der Waals surface area contributed by atoms with Gasteiger partial charge in [0.25, 0.3) is 5.22 Å². The van der Waals surface area contributed by atoms with Crippen LogP contribution in [0.25, 0.3) is 22.6 Å². The lowest BCUT2D eigenvalue weighted by Crippen LogP contribution is -2.24. The van der Waals surface area contributed by atoms with E-state index in [9.17, 15) is 4.79 Å². The summed E-state index contributed by atoms with van der Waals surface area (Å²) >= 11 is 7.10. The average Bonchev–Trinajstić information content (AvgIpc) is 3.51. The van der Waals surface area contributed by atoms with Crippen molar-refractivity contribution in [2.24, 2.45) is 0 Å². The Kier molecular flexibility index (Phi) is 6.32. The van der Waals surface area contributed by atoms with Crippen LogP contribution in [0.4, 0.5) is 0 Å². The van der Waals surface area contributed by atoms with E-state index in [0.717, 1.165) is 35.5 Å². The summed E-state index contributed by atoms with van der Waals surface area (Å²) in [6.07, 6.45) is 0.956. The lowest BCUT2D eigenvalue weighted by Gasteiger charge is -2.07. The van der Waals surface area contributed by atoms with Crippen molar-refractivity contribution in [3.63, 3.8) is 0 Å². The molecule has 1 aromatic heterocycles. The van der Waals surface area contributed by atoms with Crippen molar-refractivity contribution < 1.29 is 13.9 Å². The fourth-order valence-electron chi connectivity index (χ4n) is 3.54. The minimum Gasteiger partial charge on any atom is -0.493 e. The normalized spacial score (nSPS) is 12.3. The van der Waals surface area contributed by atoms with Gasteiger partial charge in [0.2, 0.25) is 11.8 Å². The number of fused-ring (bicyclic) bond motifs is 1. The lowest BCUT2D eigenvalue weighted by atomic mass is 10.0. The van der Waals surface area contributed by atoms with Crippen molar-refractivity contribution in [3.05, 3.63) is 82.9 Å². The van der Waals surface area contributed by atoms with E-state index in [0.29, 0.717) is 22.7 Å². The molecule has 0 unspecified atom stereocenters. The number of hydrogen-bond acceptors (Lipinski definition) is 6. The molecular weight excluding hydrogens is 458 g/mol. The summed E-state index contributed by atoms with van der Waals surface area (Å²) in [6.45, 7) is 1.21. The molecule has 0 aliphatic carbocycles. The van der Waals surface area contributed by atoms with E-state index in [4.69, 9.17) is 20.8 Å². The molecule has 0 saturated carbocycles. The quantitative estimate of drug-likeness (QED) is 0.359. The zero-order chi connectivity index (χ0) is 22.6. The third-order valence-corrected chi connectivity index (χ3v) is 6.36. The zero-order valence-corrected chi connectivity index (χ0v) is 19.2. The van der Waals surface area contributed by atoms with E-state index in [2.05, 4.69) is 39.8 Å². The van der Waals surface area contributed by atoms with Crippen LogP contribution in [0.15, 0.2) is 76.4 Å². The van der Waals surface area contributed by atoms with Crippen molar-refractivity contribution in [1.29, 1.82) is 0 Å². The van der Waals surface area contributed by atoms with E-state index in [1.807, 2.05) is 18.2 Å². The summed E-state index contributed by atoms with van der Waals surface area (Å²) in [7, 11) is 0. The van der Waals surface area contributed by atoms with Crippen LogP contribution >= 0.6 is 23.4 Å². The predicted octanol–water partition coefficient (Wildman–Crippen LogP) is 5.40. The maximum Gasteiger partial charge on any atom is 0.277 e. The van der Waals surface area contributed by atoms with Crippen LogP contribution in [0, 0.1) is 0 Å². The van der Waals surface area contributed by atoms with E-state index >= 15 is 0 Å². The molecule has 5 rings (SSSR count). The number of carbonyl (C=O) groups excluding carboxylic acids is 1. The molecule has 1 aliphatic rings. The van der Waals surface area contributed by atoms with E-state index in [1.54, 1.807) is 24.3 Å². The van der Waals surface area contributed by atoms with Crippen molar-refractivity contribution in [3.8, 4) is 28.3 Å². The fraction of sp³-hybridized carbons (Fsp3) is 0.160. The van der Waals surface area contributed by atoms with Crippen LogP contribution in [-0.4, -0.2) is 28.5 Å². The molecule has 8 heteroatoms. The second-order valence-corrected chi connectivity index (χ2v) is 8.93. The van der Waals surface area contributed by atoms with Crippen LogP contribution in [0.1, 0.15) is 11.1 Å². The molecule has 3 aromatic carbocycles. The molecule has 0 atom stereocenters. The highest BCUT2D eigenvalue weighted by Gasteiger charge is 2.13. The number of benzene rings is 3. The number of aromatic nitrogens is 2. The van der Waals surface area contributed by atoms with Crippen LogP contribution in [0.3, 0.4) is 0 Å². The SMILES string of the molecule is O=C(CSc1nnc(-c2ccc(Cl)cc2)o1)NCc1ccc(-c2ccc3c(c2)CCO3)cc1. The second-order valence-electron chi connectivity index (χ2n) is 7.56. The molecule has 0 spiro atoms. The molecule has 2 heterocycles. The first kappa shape index (κ1) is 21.6. The zero-order valence-electron chi connectivity index (χ0n) is 17.6. The van der Waals surface area contributed by atoms with Gasteiger partial charge in [0.1, 0.15) is 5.75 Å². The minimum atomic E-state index is -0.103. The topological polar surface area (TPSA) is 77.2 Å². The second kappa shape index (κ2) is 9.68. The van der Waals surface area contributed by atoms with Crippen molar-refractivity contribution in [2.75, 3.05) is 12.4 Å². The molecule has 6 nitrogen and oxygen atoms in total. The molecule has 0 bridgehead atoms. The third-order valence-electron chi connectivity index (χ3n) is 5.29. The molecule has 4 aromatic rings. The molecule has 0 fully saturated rings. The van der Waals surface area contributed by atoms with Gasteiger partial charge in [-0.05, 0) is 58.7 Å². The van der Waals surface area contributed by atoms with E-state index in [-0.39, 0.29) is 11.7 Å². The van der Waals surface area contributed by atoms with Crippen LogP contribution in [0.2, 0.25) is 5.02 Å². The van der Waals surface area contributed by atoms with Gasteiger partial charge in [-0.2, -0.15) is 0 Å². The van der Waals surface area contributed by atoms with Crippen LogP contribution < -0.4 is 10.1 Å². The highest BCUT2D eigenvalue weighted by Crippen LogP contribution is 2.30. The molecule has 1 aliphatic heterocycles. The Morgan fingerprint density at radius 1 is 0.970 bits per heavy atom. The standard InChI is InChI=1S/C25H20ClN3O3S/c26-21-8-5-18(6-9-21)24-28-29-25(32-24)33-15-23(30)27-14-16-1-3-17(4-2-16)19-7-10-22-20(13-19)11-12-31-22/h1-10,13H,11-12,14-15H2,(H,27,30). The Balaban J connectivity index is 1.11. The summed E-state index contributed by atoms with van der Waals surface area (Å²) in [5.41, 5.74) is 5.37. The van der Waals surface area contributed by atoms with Gasteiger partial charge in [-0.3, -0.25) is 4.79 Å². The molecule has 0 saturated heterocycles. The Labute approximate surface area is 200 Å². The largest absolute Gasteiger partial charge is 0.493 e. The monoisotopic (exact) mass is 477 g/mol. The molecule has 166 valence electrons. The highest BCUT2D eigenvalue weighted by atomic mass is 35.5. The number of halogens is 1. The number of nitrogens with one attached hydrogen (secondary N) is 1. The van der Waals surface area contributed by atoms with E-state index < -0.39 is 0 Å². The minimum absolute atomic E-state index is 0.103. The van der Waals surface area contributed by atoms with Crippen molar-refractivity contribution in [1.82, 2.24) is 15.5 Å². The summed E-state index contributed by atoms with van der Waals surface area (Å²) in [5, 5.41) is 11.9. The van der Waals surface area contributed by atoms with Crippen LogP contribution in [0.5, 0.6) is 5.75 Å². The van der Waals surface area contributed by atoms with Crippen molar-refractivity contribution in [2.45, 2.75) is 18.2 Å². The Hall–Kier alpha value is -3.29. The van der Waals surface area contributed by atoms with Crippen molar-refractivity contribution >= 4 is 29.3 Å². The van der Waals surface area contributed by atoms with Gasteiger partial charge in [-0.1, -0.05) is 53.7 Å². The van der Waals surface area contributed by atoms with Gasteiger partial charge in [0.05, 0.1) is 12.4 Å². The molecular formula is C25H20ClN3O3S. The maximum atomic E-state index is 12.3. The molecule has 33 heavy (non-hydrogen) atoms. The Morgan fingerprint density at radius 2 is 1.73 bits per heavy atom. The van der Waals surface area contributed by atoms with Gasteiger partial charge in [-0.25, -0.2) is 0 Å². The Bertz CT molecular complexity index is 1270. The number of nitrogens with zero attached hydrogens (tertiary/aromatic N) is 2. The lowest BCUT2D eigenvalue weighted by molar-refractivity contribution is -0.118. The number of hydrogen-bond donors (Lipinski definition) is 1. The molecule has 0 radical (unpaired) electrons. The predicted molar refractivity (Wildman–Crippen MR) is 128 cm³/mol. The third kappa shape index (κ3) is 5.21. The number of thioether (sulfide) groups is 1. The molecule has 1 amide bonds. The number of amides is 1.